The Morgan fingerprint density at radius 3 is 2.64 bits per heavy atom. The van der Waals surface area contributed by atoms with Gasteiger partial charge in [0.2, 0.25) is 0 Å². The zero-order chi connectivity index (χ0) is 10.1. The first-order valence-corrected chi connectivity index (χ1v) is 5.15. The van der Waals surface area contributed by atoms with Crippen molar-refractivity contribution in [2.45, 2.75) is 19.3 Å². The molecule has 1 aliphatic rings. The lowest BCUT2D eigenvalue weighted by Gasteiger charge is -2.23. The van der Waals surface area contributed by atoms with Crippen molar-refractivity contribution in [2.24, 2.45) is 5.92 Å². The number of rotatable bonds is 2. The maximum atomic E-state index is 11.8. The van der Waals surface area contributed by atoms with E-state index in [4.69, 9.17) is 17.3 Å². The van der Waals surface area contributed by atoms with Crippen LogP contribution >= 0.6 is 11.6 Å². The van der Waals surface area contributed by atoms with E-state index in [9.17, 15) is 4.79 Å². The normalized spacial score (nSPS) is 16.4. The number of hydrogen-bond donors (Lipinski definition) is 1. The van der Waals surface area contributed by atoms with Gasteiger partial charge in [-0.05, 0) is 31.0 Å². The van der Waals surface area contributed by atoms with Crippen LogP contribution in [-0.4, -0.2) is 5.78 Å². The molecule has 0 atom stereocenters. The fraction of sp³-hybridized carbons (Fsp3) is 0.364. The lowest BCUT2D eigenvalue weighted by Crippen LogP contribution is -2.21. The molecule has 74 valence electrons. The molecule has 1 fully saturated rings. The predicted molar refractivity (Wildman–Crippen MR) is 57.5 cm³/mol. The maximum absolute atomic E-state index is 11.8. The van der Waals surface area contributed by atoms with Crippen molar-refractivity contribution < 1.29 is 4.79 Å². The second kappa shape index (κ2) is 3.62. The molecule has 0 unspecified atom stereocenters. The van der Waals surface area contributed by atoms with Gasteiger partial charge >= 0.3 is 0 Å². The highest BCUT2D eigenvalue weighted by molar-refractivity contribution is 6.33. The molecule has 2 nitrogen and oxygen atoms in total. The molecule has 0 amide bonds. The number of ketones is 1. The van der Waals surface area contributed by atoms with Crippen molar-refractivity contribution in [3.05, 3.63) is 28.8 Å². The summed E-state index contributed by atoms with van der Waals surface area (Å²) in [5, 5.41) is 0.509. The number of benzene rings is 1. The minimum atomic E-state index is 0.208. The highest BCUT2D eigenvalue weighted by atomic mass is 35.5. The van der Waals surface area contributed by atoms with Gasteiger partial charge in [0.1, 0.15) is 0 Å². The largest absolute Gasteiger partial charge is 0.398 e. The molecule has 1 saturated carbocycles. The van der Waals surface area contributed by atoms with Gasteiger partial charge in [0, 0.05) is 11.5 Å². The maximum Gasteiger partial charge on any atom is 0.166 e. The molecule has 0 aromatic heterocycles. The summed E-state index contributed by atoms with van der Waals surface area (Å²) in [5.74, 6) is 0.426. The number of nitrogen functional groups attached to an aromatic ring is 1. The lowest BCUT2D eigenvalue weighted by molar-refractivity contribution is 0.0855. The zero-order valence-corrected chi connectivity index (χ0v) is 8.55. The Bertz CT molecular complexity index is 372. The van der Waals surface area contributed by atoms with Gasteiger partial charge in [0.05, 0.1) is 10.7 Å². The van der Waals surface area contributed by atoms with Crippen molar-refractivity contribution in [3.8, 4) is 0 Å². The van der Waals surface area contributed by atoms with E-state index in [0.29, 0.717) is 16.3 Å². The van der Waals surface area contributed by atoms with Crippen LogP contribution in [0.15, 0.2) is 18.2 Å². The second-order valence-corrected chi connectivity index (χ2v) is 4.14. The summed E-state index contributed by atoms with van der Waals surface area (Å²) < 4.78 is 0. The summed E-state index contributed by atoms with van der Waals surface area (Å²) >= 11 is 5.78. The molecule has 1 aromatic carbocycles. The Morgan fingerprint density at radius 2 is 2.14 bits per heavy atom. The van der Waals surface area contributed by atoms with Crippen LogP contribution < -0.4 is 5.73 Å². The van der Waals surface area contributed by atoms with Crippen molar-refractivity contribution in [1.29, 1.82) is 0 Å². The molecule has 0 aliphatic heterocycles. The number of halogens is 1. The molecular formula is C11H12ClNO. The average molecular weight is 210 g/mol. The third kappa shape index (κ3) is 1.62. The number of Topliss-reactive ketones (excluding diaryl/α,β-unsaturated/α-hetero) is 1. The summed E-state index contributed by atoms with van der Waals surface area (Å²) in [4.78, 5) is 11.8. The smallest absolute Gasteiger partial charge is 0.166 e. The van der Waals surface area contributed by atoms with Gasteiger partial charge in [-0.2, -0.15) is 0 Å². The standard InChI is InChI=1S/C11H12ClNO/c12-9-5-4-8(6-10(9)13)11(14)7-2-1-3-7/h4-7H,1-3,13H2. The van der Waals surface area contributed by atoms with E-state index in [1.165, 1.54) is 6.42 Å². The SMILES string of the molecule is Nc1cc(C(=O)C2CCC2)ccc1Cl. The fourth-order valence-electron chi connectivity index (χ4n) is 1.60. The Morgan fingerprint density at radius 1 is 1.43 bits per heavy atom. The number of anilines is 1. The van der Waals surface area contributed by atoms with Gasteiger partial charge in [0.15, 0.2) is 5.78 Å². The molecule has 1 aliphatic carbocycles. The molecule has 1 aromatic rings. The first kappa shape index (κ1) is 9.53. The monoisotopic (exact) mass is 209 g/mol. The molecule has 2 N–H and O–H groups in total. The number of carbonyl (C=O) groups is 1. The van der Waals surface area contributed by atoms with E-state index in [2.05, 4.69) is 0 Å². The van der Waals surface area contributed by atoms with Crippen LogP contribution in [0.4, 0.5) is 5.69 Å². The van der Waals surface area contributed by atoms with Gasteiger partial charge in [-0.3, -0.25) is 4.79 Å². The molecule has 14 heavy (non-hydrogen) atoms. The predicted octanol–water partition coefficient (Wildman–Crippen LogP) is 2.91. The van der Waals surface area contributed by atoms with E-state index in [1.807, 2.05) is 0 Å². The van der Waals surface area contributed by atoms with Crippen molar-refractivity contribution in [2.75, 3.05) is 5.73 Å². The molecule has 3 heteroatoms. The highest BCUT2D eigenvalue weighted by Crippen LogP contribution is 2.31. The molecule has 0 saturated heterocycles. The van der Waals surface area contributed by atoms with Crippen LogP contribution in [0.2, 0.25) is 5.02 Å². The Labute approximate surface area is 88.1 Å². The van der Waals surface area contributed by atoms with Crippen LogP contribution in [0.5, 0.6) is 0 Å². The summed E-state index contributed by atoms with van der Waals surface area (Å²) in [6.45, 7) is 0. The quantitative estimate of drug-likeness (QED) is 0.601. The number of nitrogens with two attached hydrogens (primary N) is 1. The molecule has 0 heterocycles. The minimum Gasteiger partial charge on any atom is -0.398 e. The van der Waals surface area contributed by atoms with Crippen LogP contribution in [0.1, 0.15) is 29.6 Å². The molecule has 0 radical (unpaired) electrons. The highest BCUT2D eigenvalue weighted by Gasteiger charge is 2.26. The average Bonchev–Trinajstić information content (AvgIpc) is 2.06. The van der Waals surface area contributed by atoms with Gasteiger partial charge in [-0.15, -0.1) is 0 Å². The van der Waals surface area contributed by atoms with E-state index in [-0.39, 0.29) is 11.7 Å². The third-order valence-electron chi connectivity index (χ3n) is 2.76. The van der Waals surface area contributed by atoms with E-state index in [1.54, 1.807) is 18.2 Å². The van der Waals surface area contributed by atoms with Gasteiger partial charge in [-0.25, -0.2) is 0 Å². The Hall–Kier alpha value is -1.02. The first-order chi connectivity index (χ1) is 6.68. The van der Waals surface area contributed by atoms with E-state index >= 15 is 0 Å². The molecule has 0 bridgehead atoms. The zero-order valence-electron chi connectivity index (χ0n) is 7.79. The van der Waals surface area contributed by atoms with Crippen molar-refractivity contribution in [1.82, 2.24) is 0 Å². The second-order valence-electron chi connectivity index (χ2n) is 3.73. The minimum absolute atomic E-state index is 0.208. The van der Waals surface area contributed by atoms with E-state index in [0.717, 1.165) is 12.8 Å². The van der Waals surface area contributed by atoms with Crippen molar-refractivity contribution in [3.63, 3.8) is 0 Å². The van der Waals surface area contributed by atoms with Crippen molar-refractivity contribution >= 4 is 23.1 Å². The van der Waals surface area contributed by atoms with Crippen LogP contribution in [0, 0.1) is 5.92 Å². The van der Waals surface area contributed by atoms with Gasteiger partial charge in [-0.1, -0.05) is 18.0 Å². The number of hydrogen-bond acceptors (Lipinski definition) is 2. The number of carbonyl (C=O) groups excluding carboxylic acids is 1. The van der Waals surface area contributed by atoms with Gasteiger partial charge < -0.3 is 5.73 Å². The van der Waals surface area contributed by atoms with E-state index < -0.39 is 0 Å². The summed E-state index contributed by atoms with van der Waals surface area (Å²) in [7, 11) is 0. The summed E-state index contributed by atoms with van der Waals surface area (Å²) in [6.07, 6.45) is 3.20. The first-order valence-electron chi connectivity index (χ1n) is 4.77. The fourth-order valence-corrected chi connectivity index (χ4v) is 1.72. The van der Waals surface area contributed by atoms with Crippen LogP contribution in [-0.2, 0) is 0 Å². The van der Waals surface area contributed by atoms with Gasteiger partial charge in [0.25, 0.3) is 0 Å². The third-order valence-corrected chi connectivity index (χ3v) is 3.10. The molecule has 0 spiro atoms. The Balaban J connectivity index is 2.23. The molecule has 2 rings (SSSR count). The molecular weight excluding hydrogens is 198 g/mol. The Kier molecular flexibility index (Phi) is 2.46. The van der Waals surface area contributed by atoms with Crippen LogP contribution in [0.3, 0.4) is 0 Å². The van der Waals surface area contributed by atoms with Crippen LogP contribution in [0.25, 0.3) is 0 Å². The lowest BCUT2D eigenvalue weighted by atomic mass is 9.80. The summed E-state index contributed by atoms with van der Waals surface area (Å²) in [5.41, 5.74) is 6.81. The summed E-state index contributed by atoms with van der Waals surface area (Å²) in [6, 6.07) is 5.10. The topological polar surface area (TPSA) is 43.1 Å².